The molecule has 4 heterocycles. The molecule has 2 saturated heterocycles. The third-order valence-corrected chi connectivity index (χ3v) is 6.56. The molecule has 5 rings (SSSR count). The fourth-order valence-electron chi connectivity index (χ4n) is 4.63. The first-order valence-electron chi connectivity index (χ1n) is 11.6. The Morgan fingerprint density at radius 3 is 2.28 bits per heavy atom. The number of carbonyl (C=O) groups is 1. The zero-order chi connectivity index (χ0) is 21.8. The number of carbonyl (C=O) groups excluding carboxylic acids is 1. The third kappa shape index (κ3) is 4.70. The predicted octanol–water partition coefficient (Wildman–Crippen LogP) is 2.02. The van der Waals surface area contributed by atoms with Crippen LogP contribution in [0.25, 0.3) is 16.9 Å². The Labute approximate surface area is 189 Å². The largest absolute Gasteiger partial charge is 0.379 e. The van der Waals surface area contributed by atoms with Gasteiger partial charge in [0.1, 0.15) is 5.65 Å². The molecule has 0 N–H and O–H groups in total. The molecule has 2 aromatic heterocycles. The van der Waals surface area contributed by atoms with Crippen LogP contribution in [0.1, 0.15) is 5.69 Å². The first-order chi connectivity index (χ1) is 15.8. The highest BCUT2D eigenvalue weighted by molar-refractivity contribution is 5.81. The van der Waals surface area contributed by atoms with Crippen molar-refractivity contribution in [1.82, 2.24) is 24.1 Å². The standard InChI is InChI=1S/C25H31N5O2/c31-24(29-14-12-27(13-15-29)10-11-28-16-18-32-19-17-28)20-22-25(21-6-2-1-3-7-21)26-23-8-4-5-9-30(22)23/h1-9H,10-20H2. The van der Waals surface area contributed by atoms with Crippen molar-refractivity contribution in [3.05, 3.63) is 60.4 Å². The van der Waals surface area contributed by atoms with E-state index in [2.05, 4.69) is 26.3 Å². The van der Waals surface area contributed by atoms with Gasteiger partial charge >= 0.3 is 0 Å². The van der Waals surface area contributed by atoms with Crippen LogP contribution in [-0.4, -0.2) is 95.6 Å². The second kappa shape index (κ2) is 9.81. The van der Waals surface area contributed by atoms with Crippen molar-refractivity contribution in [2.45, 2.75) is 6.42 Å². The number of benzene rings is 1. The Morgan fingerprint density at radius 1 is 0.844 bits per heavy atom. The quantitative estimate of drug-likeness (QED) is 0.595. The minimum atomic E-state index is 0.181. The number of piperazine rings is 1. The number of aromatic nitrogens is 2. The van der Waals surface area contributed by atoms with E-state index in [0.717, 1.165) is 88.2 Å². The molecule has 0 atom stereocenters. The number of hydrogen-bond donors (Lipinski definition) is 0. The van der Waals surface area contributed by atoms with Crippen LogP contribution in [-0.2, 0) is 16.0 Å². The van der Waals surface area contributed by atoms with Crippen LogP contribution >= 0.6 is 0 Å². The first kappa shape index (κ1) is 21.1. The van der Waals surface area contributed by atoms with Gasteiger partial charge in [-0.15, -0.1) is 0 Å². The van der Waals surface area contributed by atoms with E-state index in [1.54, 1.807) is 0 Å². The van der Waals surface area contributed by atoms with Crippen LogP contribution < -0.4 is 0 Å². The number of amides is 1. The molecule has 0 radical (unpaired) electrons. The van der Waals surface area contributed by atoms with Gasteiger partial charge in [0, 0.05) is 64.1 Å². The number of nitrogens with zero attached hydrogens (tertiary/aromatic N) is 5. The van der Waals surface area contributed by atoms with E-state index in [0.29, 0.717) is 6.42 Å². The molecule has 0 saturated carbocycles. The molecule has 0 unspecified atom stereocenters. The van der Waals surface area contributed by atoms with E-state index in [4.69, 9.17) is 9.72 Å². The van der Waals surface area contributed by atoms with E-state index in [1.165, 1.54) is 0 Å². The van der Waals surface area contributed by atoms with Crippen LogP contribution in [0.15, 0.2) is 54.7 Å². The van der Waals surface area contributed by atoms with Gasteiger partial charge in [0.25, 0.3) is 0 Å². The van der Waals surface area contributed by atoms with Crippen LogP contribution in [0.2, 0.25) is 0 Å². The van der Waals surface area contributed by atoms with Gasteiger partial charge < -0.3 is 14.0 Å². The summed E-state index contributed by atoms with van der Waals surface area (Å²) in [7, 11) is 0. The average Bonchev–Trinajstić information content (AvgIpc) is 3.22. The number of morpholine rings is 1. The molecular weight excluding hydrogens is 402 g/mol. The van der Waals surface area contributed by atoms with Gasteiger partial charge in [-0.3, -0.25) is 14.6 Å². The van der Waals surface area contributed by atoms with E-state index in [9.17, 15) is 4.79 Å². The second-order valence-electron chi connectivity index (χ2n) is 8.56. The van der Waals surface area contributed by atoms with Crippen molar-refractivity contribution in [2.75, 3.05) is 65.6 Å². The maximum Gasteiger partial charge on any atom is 0.228 e. The molecule has 2 aliphatic rings. The van der Waals surface area contributed by atoms with Crippen molar-refractivity contribution in [2.24, 2.45) is 0 Å². The lowest BCUT2D eigenvalue weighted by Gasteiger charge is -2.36. The molecule has 3 aromatic rings. The molecular formula is C25H31N5O2. The average molecular weight is 434 g/mol. The summed E-state index contributed by atoms with van der Waals surface area (Å²) >= 11 is 0. The Morgan fingerprint density at radius 2 is 1.53 bits per heavy atom. The van der Waals surface area contributed by atoms with Crippen molar-refractivity contribution in [3.8, 4) is 11.3 Å². The van der Waals surface area contributed by atoms with Crippen molar-refractivity contribution < 1.29 is 9.53 Å². The number of ether oxygens (including phenoxy) is 1. The predicted molar refractivity (Wildman–Crippen MR) is 125 cm³/mol. The third-order valence-electron chi connectivity index (χ3n) is 6.56. The fraction of sp³-hybridized carbons (Fsp3) is 0.440. The Kier molecular flexibility index (Phi) is 6.48. The van der Waals surface area contributed by atoms with Crippen LogP contribution in [0.4, 0.5) is 0 Å². The van der Waals surface area contributed by atoms with Gasteiger partial charge in [-0.25, -0.2) is 4.98 Å². The highest BCUT2D eigenvalue weighted by atomic mass is 16.5. The van der Waals surface area contributed by atoms with E-state index in [1.807, 2.05) is 47.5 Å². The summed E-state index contributed by atoms with van der Waals surface area (Å²) in [6.07, 6.45) is 2.37. The number of fused-ring (bicyclic) bond motifs is 1. The SMILES string of the molecule is O=C(Cc1c(-c2ccccc2)nc2ccccn12)N1CCN(CCN2CCOCC2)CC1. The van der Waals surface area contributed by atoms with Crippen molar-refractivity contribution >= 4 is 11.6 Å². The minimum absolute atomic E-state index is 0.181. The lowest BCUT2D eigenvalue weighted by molar-refractivity contribution is -0.132. The van der Waals surface area contributed by atoms with Crippen molar-refractivity contribution in [3.63, 3.8) is 0 Å². The Bertz CT molecular complexity index is 1040. The van der Waals surface area contributed by atoms with Gasteiger partial charge in [0.15, 0.2) is 0 Å². The molecule has 1 aromatic carbocycles. The van der Waals surface area contributed by atoms with Crippen LogP contribution in [0.3, 0.4) is 0 Å². The molecule has 0 bridgehead atoms. The molecule has 0 spiro atoms. The maximum atomic E-state index is 13.2. The first-order valence-corrected chi connectivity index (χ1v) is 11.6. The number of hydrogen-bond acceptors (Lipinski definition) is 5. The van der Waals surface area contributed by atoms with Gasteiger partial charge in [-0.1, -0.05) is 36.4 Å². The summed E-state index contributed by atoms with van der Waals surface area (Å²) in [4.78, 5) is 25.0. The molecule has 7 heteroatoms. The van der Waals surface area contributed by atoms with Crippen LogP contribution in [0, 0.1) is 0 Å². The Hall–Kier alpha value is -2.74. The van der Waals surface area contributed by atoms with Crippen LogP contribution in [0.5, 0.6) is 0 Å². The van der Waals surface area contributed by atoms with Gasteiger partial charge in [-0.2, -0.15) is 0 Å². The fourth-order valence-corrected chi connectivity index (χ4v) is 4.63. The molecule has 32 heavy (non-hydrogen) atoms. The van der Waals surface area contributed by atoms with Crippen molar-refractivity contribution in [1.29, 1.82) is 0 Å². The molecule has 2 aliphatic heterocycles. The zero-order valence-corrected chi connectivity index (χ0v) is 18.5. The summed E-state index contributed by atoms with van der Waals surface area (Å²) in [5.74, 6) is 0.181. The summed E-state index contributed by atoms with van der Waals surface area (Å²) in [5.41, 5.74) is 3.79. The Balaban J connectivity index is 1.23. The molecule has 0 aliphatic carbocycles. The topological polar surface area (TPSA) is 53.3 Å². The summed E-state index contributed by atoms with van der Waals surface area (Å²) in [6.45, 7) is 9.35. The van der Waals surface area contributed by atoms with E-state index in [-0.39, 0.29) is 5.91 Å². The van der Waals surface area contributed by atoms with Gasteiger partial charge in [0.2, 0.25) is 5.91 Å². The summed E-state index contributed by atoms with van der Waals surface area (Å²) < 4.78 is 7.49. The highest BCUT2D eigenvalue weighted by Gasteiger charge is 2.24. The lowest BCUT2D eigenvalue weighted by atomic mass is 10.1. The number of rotatable bonds is 6. The van der Waals surface area contributed by atoms with E-state index < -0.39 is 0 Å². The minimum Gasteiger partial charge on any atom is -0.379 e. The second-order valence-corrected chi connectivity index (χ2v) is 8.56. The monoisotopic (exact) mass is 433 g/mol. The molecule has 1 amide bonds. The smallest absolute Gasteiger partial charge is 0.228 e. The van der Waals surface area contributed by atoms with Gasteiger partial charge in [-0.05, 0) is 12.1 Å². The summed E-state index contributed by atoms with van der Waals surface area (Å²) in [5, 5.41) is 0. The highest BCUT2D eigenvalue weighted by Crippen LogP contribution is 2.25. The molecule has 2 fully saturated rings. The lowest BCUT2D eigenvalue weighted by Crippen LogP contribution is -2.51. The van der Waals surface area contributed by atoms with E-state index >= 15 is 0 Å². The normalized spacial score (nSPS) is 18.3. The zero-order valence-electron chi connectivity index (χ0n) is 18.5. The number of imidazole rings is 1. The molecule has 168 valence electrons. The number of pyridine rings is 1. The maximum absolute atomic E-state index is 13.2. The molecule has 7 nitrogen and oxygen atoms in total. The van der Waals surface area contributed by atoms with Gasteiger partial charge in [0.05, 0.1) is 31.0 Å². The summed E-state index contributed by atoms with van der Waals surface area (Å²) in [6, 6.07) is 16.1.